The molecule has 7 nitrogen and oxygen atoms in total. The summed E-state index contributed by atoms with van der Waals surface area (Å²) in [6.07, 6.45) is 1.62. The Morgan fingerprint density at radius 2 is 2.05 bits per heavy atom. The normalized spacial score (nSPS) is 23.9. The van der Waals surface area contributed by atoms with E-state index in [-0.39, 0.29) is 12.0 Å². The topological polar surface area (TPSA) is 71.7 Å². The van der Waals surface area contributed by atoms with E-state index in [1.165, 1.54) is 0 Å². The molecule has 3 rings (SSSR count). The van der Waals surface area contributed by atoms with Crippen LogP contribution in [0.4, 0.5) is 5.82 Å². The van der Waals surface area contributed by atoms with Crippen molar-refractivity contribution in [3.8, 4) is 0 Å². The van der Waals surface area contributed by atoms with Gasteiger partial charge in [0, 0.05) is 32.8 Å². The van der Waals surface area contributed by atoms with E-state index in [0.717, 1.165) is 37.4 Å². The number of ether oxygens (including phenoxy) is 1. The quantitative estimate of drug-likeness (QED) is 0.762. The van der Waals surface area contributed by atoms with Gasteiger partial charge in [-0.2, -0.15) is 0 Å². The number of hydrogen-bond donors (Lipinski definition) is 0. The molecule has 2 aliphatic rings. The number of anilines is 1. The maximum absolute atomic E-state index is 12.2. The van der Waals surface area contributed by atoms with Gasteiger partial charge >= 0.3 is 0 Å². The van der Waals surface area contributed by atoms with Gasteiger partial charge < -0.3 is 14.5 Å². The van der Waals surface area contributed by atoms with Crippen molar-refractivity contribution in [1.29, 1.82) is 0 Å². The van der Waals surface area contributed by atoms with Crippen LogP contribution in [0, 0.1) is 6.92 Å². The molecule has 19 heavy (non-hydrogen) atoms. The molecule has 1 unspecified atom stereocenters. The third-order valence-corrected chi connectivity index (χ3v) is 3.72. The molecule has 104 valence electrons. The summed E-state index contributed by atoms with van der Waals surface area (Å²) in [7, 11) is 0. The fourth-order valence-electron chi connectivity index (χ4n) is 2.63. The van der Waals surface area contributed by atoms with Gasteiger partial charge in [-0.1, -0.05) is 5.16 Å². The number of rotatable bonds is 2. The Bertz CT molecular complexity index is 448. The molecule has 0 bridgehead atoms. The van der Waals surface area contributed by atoms with Crippen LogP contribution in [0.1, 0.15) is 18.5 Å². The van der Waals surface area contributed by atoms with E-state index < -0.39 is 0 Å². The summed E-state index contributed by atoms with van der Waals surface area (Å²) >= 11 is 0. The molecule has 7 heteroatoms. The molecule has 2 fully saturated rings. The SMILES string of the molecule is Cc1nonc1N1CCN(C(=O)C2CCCO2)CC1. The number of nitrogens with zero attached hydrogens (tertiary/aromatic N) is 4. The molecule has 0 N–H and O–H groups in total. The molecule has 2 saturated heterocycles. The summed E-state index contributed by atoms with van der Waals surface area (Å²) in [6.45, 7) is 5.49. The Labute approximate surface area is 111 Å². The number of carbonyl (C=O) groups excluding carboxylic acids is 1. The van der Waals surface area contributed by atoms with Crippen molar-refractivity contribution >= 4 is 11.7 Å². The summed E-state index contributed by atoms with van der Waals surface area (Å²) in [5, 5.41) is 7.68. The van der Waals surface area contributed by atoms with Gasteiger partial charge in [-0.3, -0.25) is 4.79 Å². The summed E-state index contributed by atoms with van der Waals surface area (Å²) < 4.78 is 10.2. The fourth-order valence-corrected chi connectivity index (χ4v) is 2.63. The summed E-state index contributed by atoms with van der Waals surface area (Å²) in [4.78, 5) is 16.2. The Hall–Kier alpha value is -1.63. The molecule has 0 aromatic carbocycles. The van der Waals surface area contributed by atoms with Crippen molar-refractivity contribution in [3.63, 3.8) is 0 Å². The second-order valence-corrected chi connectivity index (χ2v) is 4.99. The summed E-state index contributed by atoms with van der Waals surface area (Å²) in [5.41, 5.74) is 0.791. The van der Waals surface area contributed by atoms with E-state index in [1.54, 1.807) is 0 Å². The first-order chi connectivity index (χ1) is 9.25. The van der Waals surface area contributed by atoms with E-state index in [1.807, 2.05) is 11.8 Å². The van der Waals surface area contributed by atoms with Gasteiger partial charge in [0.2, 0.25) is 0 Å². The maximum atomic E-state index is 12.2. The van der Waals surface area contributed by atoms with Gasteiger partial charge in [0.25, 0.3) is 5.91 Å². The lowest BCUT2D eigenvalue weighted by molar-refractivity contribution is -0.141. The van der Waals surface area contributed by atoms with E-state index in [0.29, 0.717) is 19.7 Å². The first kappa shape index (κ1) is 12.4. The molecule has 0 saturated carbocycles. The van der Waals surface area contributed by atoms with Crippen LogP contribution in [0.2, 0.25) is 0 Å². The Morgan fingerprint density at radius 3 is 2.63 bits per heavy atom. The van der Waals surface area contributed by atoms with Crippen molar-refractivity contribution in [3.05, 3.63) is 5.69 Å². The highest BCUT2D eigenvalue weighted by Crippen LogP contribution is 2.19. The second kappa shape index (κ2) is 5.16. The lowest BCUT2D eigenvalue weighted by atomic mass is 10.2. The molecule has 0 spiro atoms. The van der Waals surface area contributed by atoms with Crippen LogP contribution in [-0.4, -0.2) is 60.0 Å². The highest BCUT2D eigenvalue weighted by Gasteiger charge is 2.31. The predicted molar refractivity (Wildman–Crippen MR) is 66.8 cm³/mol. The molecule has 1 aromatic rings. The predicted octanol–water partition coefficient (Wildman–Crippen LogP) is 0.206. The fraction of sp³-hybridized carbons (Fsp3) is 0.750. The minimum atomic E-state index is -0.220. The van der Waals surface area contributed by atoms with Gasteiger partial charge in [-0.05, 0) is 24.9 Å². The largest absolute Gasteiger partial charge is 0.368 e. The van der Waals surface area contributed by atoms with Crippen molar-refractivity contribution in [2.75, 3.05) is 37.7 Å². The minimum absolute atomic E-state index is 0.132. The van der Waals surface area contributed by atoms with Crippen LogP contribution in [0.25, 0.3) is 0 Å². The maximum Gasteiger partial charge on any atom is 0.251 e. The smallest absolute Gasteiger partial charge is 0.251 e. The van der Waals surface area contributed by atoms with Gasteiger partial charge in [-0.25, -0.2) is 4.63 Å². The van der Waals surface area contributed by atoms with Crippen molar-refractivity contribution in [2.45, 2.75) is 25.9 Å². The average molecular weight is 266 g/mol. The van der Waals surface area contributed by atoms with Crippen LogP contribution in [-0.2, 0) is 9.53 Å². The first-order valence-corrected chi connectivity index (χ1v) is 6.70. The average Bonchev–Trinajstić information content (AvgIpc) is 3.09. The van der Waals surface area contributed by atoms with Crippen molar-refractivity contribution in [1.82, 2.24) is 15.2 Å². The zero-order valence-corrected chi connectivity index (χ0v) is 11.0. The molecule has 1 atom stereocenters. The zero-order chi connectivity index (χ0) is 13.2. The standard InChI is InChI=1S/C12H18N4O3/c1-9-11(14-19-13-9)15-4-6-16(7-5-15)12(17)10-3-2-8-18-10/h10H,2-8H2,1H3. The van der Waals surface area contributed by atoms with Crippen LogP contribution in [0.15, 0.2) is 4.63 Å². The van der Waals surface area contributed by atoms with Crippen LogP contribution < -0.4 is 4.90 Å². The number of aromatic nitrogens is 2. The minimum Gasteiger partial charge on any atom is -0.368 e. The van der Waals surface area contributed by atoms with Crippen molar-refractivity contribution in [2.24, 2.45) is 0 Å². The van der Waals surface area contributed by atoms with Crippen LogP contribution in [0.5, 0.6) is 0 Å². The Kier molecular flexibility index (Phi) is 3.37. The highest BCUT2D eigenvalue weighted by molar-refractivity contribution is 5.81. The molecule has 1 amide bonds. The molecule has 0 aliphatic carbocycles. The molecule has 0 radical (unpaired) electrons. The van der Waals surface area contributed by atoms with Crippen LogP contribution >= 0.6 is 0 Å². The number of hydrogen-bond acceptors (Lipinski definition) is 6. The molecular formula is C12H18N4O3. The summed E-state index contributed by atoms with van der Waals surface area (Å²) in [6, 6.07) is 0. The third-order valence-electron chi connectivity index (χ3n) is 3.72. The highest BCUT2D eigenvalue weighted by atomic mass is 16.6. The lowest BCUT2D eigenvalue weighted by Crippen LogP contribution is -2.51. The first-order valence-electron chi connectivity index (χ1n) is 6.70. The summed E-state index contributed by atoms with van der Waals surface area (Å²) in [5.74, 6) is 0.913. The van der Waals surface area contributed by atoms with Gasteiger partial charge in [0.1, 0.15) is 11.8 Å². The van der Waals surface area contributed by atoms with E-state index >= 15 is 0 Å². The number of piperazine rings is 1. The lowest BCUT2D eigenvalue weighted by Gasteiger charge is -2.35. The van der Waals surface area contributed by atoms with Gasteiger partial charge in [-0.15, -0.1) is 0 Å². The van der Waals surface area contributed by atoms with E-state index in [2.05, 4.69) is 15.2 Å². The Balaban J connectivity index is 1.57. The molecular weight excluding hydrogens is 248 g/mol. The second-order valence-electron chi connectivity index (χ2n) is 4.99. The molecule has 2 aliphatic heterocycles. The number of aryl methyl sites for hydroxylation is 1. The number of amides is 1. The zero-order valence-electron chi connectivity index (χ0n) is 11.0. The van der Waals surface area contributed by atoms with E-state index in [9.17, 15) is 4.79 Å². The Morgan fingerprint density at radius 1 is 1.26 bits per heavy atom. The van der Waals surface area contributed by atoms with Gasteiger partial charge in [0.05, 0.1) is 0 Å². The van der Waals surface area contributed by atoms with Crippen LogP contribution in [0.3, 0.4) is 0 Å². The van der Waals surface area contributed by atoms with E-state index in [4.69, 9.17) is 9.37 Å². The molecule has 3 heterocycles. The monoisotopic (exact) mass is 266 g/mol. The van der Waals surface area contributed by atoms with Gasteiger partial charge in [0.15, 0.2) is 5.82 Å². The number of carbonyl (C=O) groups is 1. The molecule has 1 aromatic heterocycles. The van der Waals surface area contributed by atoms with Crippen molar-refractivity contribution < 1.29 is 14.2 Å². The third kappa shape index (κ3) is 2.42.